The van der Waals surface area contributed by atoms with Crippen LogP contribution in [0.15, 0.2) is 30.9 Å². The SMILES string of the molecule is C1=COc2ncccc2O1. The molecule has 0 radical (unpaired) electrons. The van der Waals surface area contributed by atoms with Gasteiger partial charge in [0.25, 0.3) is 5.88 Å². The molecule has 3 heteroatoms. The largest absolute Gasteiger partial charge is 0.456 e. The summed E-state index contributed by atoms with van der Waals surface area (Å²) in [6.07, 6.45) is 4.58. The first-order valence-corrected chi connectivity index (χ1v) is 2.90. The average Bonchev–Trinajstić information content (AvgIpc) is 2.05. The molecule has 10 heavy (non-hydrogen) atoms. The summed E-state index contributed by atoms with van der Waals surface area (Å²) in [5.74, 6) is 1.18. The number of rotatable bonds is 0. The van der Waals surface area contributed by atoms with Crippen LogP contribution in [0.4, 0.5) is 0 Å². The zero-order chi connectivity index (χ0) is 6.81. The molecule has 0 saturated carbocycles. The number of hydrogen-bond donors (Lipinski definition) is 0. The minimum Gasteiger partial charge on any atom is -0.456 e. The van der Waals surface area contributed by atoms with Gasteiger partial charge in [0, 0.05) is 6.20 Å². The Balaban J connectivity index is 2.47. The third kappa shape index (κ3) is 0.719. The Morgan fingerprint density at radius 2 is 2.10 bits per heavy atom. The summed E-state index contributed by atoms with van der Waals surface area (Å²) < 4.78 is 10.1. The Morgan fingerprint density at radius 1 is 1.20 bits per heavy atom. The van der Waals surface area contributed by atoms with E-state index in [2.05, 4.69) is 4.98 Å². The molecule has 0 spiro atoms. The van der Waals surface area contributed by atoms with Crippen LogP contribution in [0.1, 0.15) is 0 Å². The van der Waals surface area contributed by atoms with E-state index in [0.29, 0.717) is 11.6 Å². The third-order valence-corrected chi connectivity index (χ3v) is 1.17. The van der Waals surface area contributed by atoms with Crippen LogP contribution in [0.2, 0.25) is 0 Å². The highest BCUT2D eigenvalue weighted by molar-refractivity contribution is 5.34. The van der Waals surface area contributed by atoms with Crippen LogP contribution in [-0.2, 0) is 0 Å². The highest BCUT2D eigenvalue weighted by atomic mass is 16.5. The maximum atomic E-state index is 5.06. The van der Waals surface area contributed by atoms with E-state index in [1.165, 1.54) is 12.5 Å². The molecule has 0 bridgehead atoms. The normalized spacial score (nSPS) is 13.2. The molecule has 0 unspecified atom stereocenters. The van der Waals surface area contributed by atoms with E-state index >= 15 is 0 Å². The van der Waals surface area contributed by atoms with Gasteiger partial charge in [0.2, 0.25) is 0 Å². The van der Waals surface area contributed by atoms with Gasteiger partial charge in [0.1, 0.15) is 12.5 Å². The first-order valence-electron chi connectivity index (χ1n) is 2.90. The predicted molar refractivity (Wildman–Crippen MR) is 34.6 cm³/mol. The molecule has 1 aromatic rings. The average molecular weight is 135 g/mol. The first-order chi connectivity index (χ1) is 4.97. The molecule has 50 valence electrons. The van der Waals surface area contributed by atoms with Crippen LogP contribution in [0, 0.1) is 0 Å². The summed E-state index contributed by atoms with van der Waals surface area (Å²) >= 11 is 0. The van der Waals surface area contributed by atoms with E-state index in [1.54, 1.807) is 18.3 Å². The molecule has 1 aliphatic heterocycles. The number of hydrogen-bond acceptors (Lipinski definition) is 3. The molecule has 0 amide bonds. The van der Waals surface area contributed by atoms with Gasteiger partial charge in [0.15, 0.2) is 5.75 Å². The topological polar surface area (TPSA) is 31.4 Å². The Morgan fingerprint density at radius 3 is 3.00 bits per heavy atom. The smallest absolute Gasteiger partial charge is 0.262 e. The minimum absolute atomic E-state index is 0.519. The maximum absolute atomic E-state index is 5.06. The van der Waals surface area contributed by atoms with Crippen molar-refractivity contribution in [2.75, 3.05) is 0 Å². The van der Waals surface area contributed by atoms with Crippen LogP contribution < -0.4 is 9.47 Å². The van der Waals surface area contributed by atoms with E-state index in [4.69, 9.17) is 9.47 Å². The van der Waals surface area contributed by atoms with Crippen molar-refractivity contribution in [1.82, 2.24) is 4.98 Å². The number of aromatic nitrogens is 1. The molecule has 0 aromatic carbocycles. The second-order valence-corrected chi connectivity index (χ2v) is 1.81. The van der Waals surface area contributed by atoms with Gasteiger partial charge in [-0.3, -0.25) is 0 Å². The van der Waals surface area contributed by atoms with Gasteiger partial charge in [-0.25, -0.2) is 4.98 Å². The molecule has 2 rings (SSSR count). The van der Waals surface area contributed by atoms with Crippen molar-refractivity contribution in [2.45, 2.75) is 0 Å². The molecular formula is C7H5NO2. The van der Waals surface area contributed by atoms with Crippen molar-refractivity contribution in [3.63, 3.8) is 0 Å². The zero-order valence-electron chi connectivity index (χ0n) is 5.15. The van der Waals surface area contributed by atoms with E-state index in [9.17, 15) is 0 Å². The van der Waals surface area contributed by atoms with E-state index in [-0.39, 0.29) is 0 Å². The molecule has 0 aliphatic carbocycles. The van der Waals surface area contributed by atoms with Crippen molar-refractivity contribution in [1.29, 1.82) is 0 Å². The van der Waals surface area contributed by atoms with Crippen LogP contribution >= 0.6 is 0 Å². The van der Waals surface area contributed by atoms with Gasteiger partial charge in [-0.05, 0) is 12.1 Å². The quantitative estimate of drug-likeness (QED) is 0.537. The number of pyridine rings is 1. The standard InChI is InChI=1S/C7H5NO2/c1-2-6-7(8-3-1)10-5-4-9-6/h1-5H. The Kier molecular flexibility index (Phi) is 1.07. The van der Waals surface area contributed by atoms with Crippen molar-refractivity contribution >= 4 is 0 Å². The van der Waals surface area contributed by atoms with Crippen LogP contribution in [-0.4, -0.2) is 4.98 Å². The van der Waals surface area contributed by atoms with Crippen molar-refractivity contribution < 1.29 is 9.47 Å². The van der Waals surface area contributed by atoms with E-state index in [1.807, 2.05) is 0 Å². The maximum Gasteiger partial charge on any atom is 0.262 e. The lowest BCUT2D eigenvalue weighted by atomic mass is 10.4. The van der Waals surface area contributed by atoms with Gasteiger partial charge in [0.05, 0.1) is 0 Å². The van der Waals surface area contributed by atoms with Crippen molar-refractivity contribution in [3.8, 4) is 11.6 Å². The lowest BCUT2D eigenvalue weighted by molar-refractivity contribution is 0.349. The van der Waals surface area contributed by atoms with Crippen molar-refractivity contribution in [3.05, 3.63) is 30.9 Å². The zero-order valence-corrected chi connectivity index (χ0v) is 5.15. The molecule has 0 atom stereocenters. The summed E-state index contributed by atoms with van der Waals surface area (Å²) in [6.45, 7) is 0. The van der Waals surface area contributed by atoms with Crippen LogP contribution in [0.5, 0.6) is 11.6 Å². The van der Waals surface area contributed by atoms with Crippen molar-refractivity contribution in [2.24, 2.45) is 0 Å². The summed E-state index contributed by atoms with van der Waals surface area (Å²) in [4.78, 5) is 3.92. The number of ether oxygens (including phenoxy) is 2. The molecule has 1 aliphatic rings. The third-order valence-electron chi connectivity index (χ3n) is 1.17. The van der Waals surface area contributed by atoms with Gasteiger partial charge in [-0.2, -0.15) is 0 Å². The molecule has 0 fully saturated rings. The molecule has 0 saturated heterocycles. The molecule has 2 heterocycles. The summed E-state index contributed by atoms with van der Waals surface area (Å²) in [5, 5.41) is 0. The fourth-order valence-corrected chi connectivity index (χ4v) is 0.748. The Hall–Kier alpha value is -1.51. The number of fused-ring (bicyclic) bond motifs is 1. The van der Waals surface area contributed by atoms with Crippen LogP contribution in [0.3, 0.4) is 0 Å². The van der Waals surface area contributed by atoms with Gasteiger partial charge in [-0.15, -0.1) is 0 Å². The Labute approximate surface area is 57.9 Å². The highest BCUT2D eigenvalue weighted by Gasteiger charge is 2.06. The molecule has 0 N–H and O–H groups in total. The monoisotopic (exact) mass is 135 g/mol. The van der Waals surface area contributed by atoms with Gasteiger partial charge >= 0.3 is 0 Å². The second-order valence-electron chi connectivity index (χ2n) is 1.81. The number of nitrogens with zero attached hydrogens (tertiary/aromatic N) is 1. The van der Waals surface area contributed by atoms with Gasteiger partial charge in [-0.1, -0.05) is 0 Å². The Bertz CT molecular complexity index is 243. The second kappa shape index (κ2) is 2.02. The fourth-order valence-electron chi connectivity index (χ4n) is 0.748. The summed E-state index contributed by atoms with van der Waals surface area (Å²) in [7, 11) is 0. The van der Waals surface area contributed by atoms with E-state index in [0.717, 1.165) is 0 Å². The lowest BCUT2D eigenvalue weighted by Gasteiger charge is -2.08. The fraction of sp³-hybridized carbons (Fsp3) is 0. The van der Waals surface area contributed by atoms with Crippen LogP contribution in [0.25, 0.3) is 0 Å². The molecular weight excluding hydrogens is 130 g/mol. The highest BCUT2D eigenvalue weighted by Crippen LogP contribution is 2.25. The van der Waals surface area contributed by atoms with E-state index < -0.39 is 0 Å². The molecule has 3 nitrogen and oxygen atoms in total. The summed E-state index contributed by atoms with van der Waals surface area (Å²) in [5.41, 5.74) is 0. The lowest BCUT2D eigenvalue weighted by Crippen LogP contribution is -1.96. The van der Waals surface area contributed by atoms with Gasteiger partial charge < -0.3 is 9.47 Å². The molecule has 1 aromatic heterocycles. The summed E-state index contributed by atoms with van der Waals surface area (Å²) in [6, 6.07) is 3.59. The minimum atomic E-state index is 0.519. The predicted octanol–water partition coefficient (Wildman–Crippen LogP) is 1.32. The first kappa shape index (κ1) is 5.29.